The van der Waals surface area contributed by atoms with Crippen molar-refractivity contribution in [1.29, 1.82) is 0 Å². The molecule has 110 valence electrons. The summed E-state index contributed by atoms with van der Waals surface area (Å²) in [6.07, 6.45) is -0.486. The summed E-state index contributed by atoms with van der Waals surface area (Å²) in [4.78, 5) is 25.6. The molecule has 0 aliphatic carbocycles. The van der Waals surface area contributed by atoms with E-state index < -0.39 is 17.7 Å². The first-order valence-electron chi connectivity index (χ1n) is 6.25. The second-order valence-electron chi connectivity index (χ2n) is 5.41. The summed E-state index contributed by atoms with van der Waals surface area (Å²) in [6.45, 7) is 4.45. The van der Waals surface area contributed by atoms with Gasteiger partial charge < -0.3 is 24.7 Å². The van der Waals surface area contributed by atoms with E-state index in [2.05, 4.69) is 0 Å². The first kappa shape index (κ1) is 15.7. The van der Waals surface area contributed by atoms with Gasteiger partial charge in [-0.2, -0.15) is 0 Å². The normalized spacial score (nSPS) is 22.1. The number of aliphatic carboxylic acids is 1. The summed E-state index contributed by atoms with van der Waals surface area (Å²) >= 11 is 0. The number of urea groups is 1. The fourth-order valence-electron chi connectivity index (χ4n) is 2.14. The lowest BCUT2D eigenvalue weighted by atomic mass is 10.1. The number of rotatable bonds is 4. The van der Waals surface area contributed by atoms with Gasteiger partial charge in [0.15, 0.2) is 0 Å². The smallest absolute Gasteiger partial charge is 0.319 e. The Kier molecular flexibility index (Phi) is 5.13. The van der Waals surface area contributed by atoms with Gasteiger partial charge in [-0.1, -0.05) is 0 Å². The van der Waals surface area contributed by atoms with E-state index in [9.17, 15) is 14.7 Å². The van der Waals surface area contributed by atoms with Crippen molar-refractivity contribution in [2.75, 3.05) is 33.3 Å². The molecule has 7 nitrogen and oxygen atoms in total. The van der Waals surface area contributed by atoms with E-state index in [1.54, 1.807) is 11.9 Å². The van der Waals surface area contributed by atoms with Crippen molar-refractivity contribution in [3.63, 3.8) is 0 Å². The molecular formula is C12H22N2O5. The average Bonchev–Trinajstić information content (AvgIpc) is 2.32. The molecule has 1 aliphatic heterocycles. The van der Waals surface area contributed by atoms with Crippen molar-refractivity contribution < 1.29 is 24.5 Å². The molecule has 0 spiro atoms. The first-order chi connectivity index (χ1) is 8.75. The van der Waals surface area contributed by atoms with Crippen molar-refractivity contribution in [1.82, 2.24) is 9.80 Å². The molecule has 2 amide bonds. The van der Waals surface area contributed by atoms with E-state index in [0.29, 0.717) is 13.1 Å². The number of carboxylic acid groups (broad SMARTS) is 1. The molecule has 1 fully saturated rings. The molecule has 1 aliphatic rings. The Hall–Kier alpha value is -1.34. The lowest BCUT2D eigenvalue weighted by Gasteiger charge is -2.43. The van der Waals surface area contributed by atoms with Crippen LogP contribution in [0.3, 0.4) is 0 Å². The van der Waals surface area contributed by atoms with Crippen LogP contribution < -0.4 is 0 Å². The highest BCUT2D eigenvalue weighted by atomic mass is 16.5. The van der Waals surface area contributed by atoms with Gasteiger partial charge in [0, 0.05) is 13.6 Å². The van der Waals surface area contributed by atoms with E-state index in [4.69, 9.17) is 9.84 Å². The van der Waals surface area contributed by atoms with Crippen molar-refractivity contribution in [2.24, 2.45) is 0 Å². The van der Waals surface area contributed by atoms with Gasteiger partial charge in [0.2, 0.25) is 0 Å². The molecule has 0 aromatic rings. The molecule has 0 aromatic heterocycles. The molecular weight excluding hydrogens is 252 g/mol. The SMILES string of the molecule is CN(CCC(=O)O)C(=O)N1CC(CO)OC(C)(C)C1. The lowest BCUT2D eigenvalue weighted by Crippen LogP contribution is -2.58. The molecule has 7 heteroatoms. The van der Waals surface area contributed by atoms with Crippen molar-refractivity contribution in [3.05, 3.63) is 0 Å². The molecule has 1 heterocycles. The highest BCUT2D eigenvalue weighted by molar-refractivity contribution is 5.75. The summed E-state index contributed by atoms with van der Waals surface area (Å²) in [5, 5.41) is 17.8. The van der Waals surface area contributed by atoms with Crippen LogP contribution in [-0.4, -0.2) is 77.0 Å². The molecule has 1 atom stereocenters. The summed E-state index contributed by atoms with van der Waals surface area (Å²) in [5.74, 6) is -0.935. The number of hydrogen-bond acceptors (Lipinski definition) is 4. The van der Waals surface area contributed by atoms with Gasteiger partial charge in [-0.05, 0) is 13.8 Å². The largest absolute Gasteiger partial charge is 0.481 e. The van der Waals surface area contributed by atoms with Gasteiger partial charge in [0.25, 0.3) is 0 Å². The summed E-state index contributed by atoms with van der Waals surface area (Å²) in [7, 11) is 1.57. The Balaban J connectivity index is 2.62. The molecule has 1 rings (SSSR count). The number of carboxylic acids is 1. The monoisotopic (exact) mass is 274 g/mol. The summed E-state index contributed by atoms with van der Waals surface area (Å²) in [6, 6.07) is -0.240. The number of aliphatic hydroxyl groups excluding tert-OH is 1. The average molecular weight is 274 g/mol. The Morgan fingerprint density at radius 2 is 2.11 bits per heavy atom. The Morgan fingerprint density at radius 1 is 1.47 bits per heavy atom. The van der Waals surface area contributed by atoms with Gasteiger partial charge >= 0.3 is 12.0 Å². The van der Waals surface area contributed by atoms with E-state index in [1.165, 1.54) is 4.90 Å². The molecule has 0 bridgehead atoms. The van der Waals surface area contributed by atoms with Crippen LogP contribution in [0.1, 0.15) is 20.3 Å². The third-order valence-corrected chi connectivity index (χ3v) is 2.94. The van der Waals surface area contributed by atoms with Crippen LogP contribution in [0.2, 0.25) is 0 Å². The number of nitrogens with zero attached hydrogens (tertiary/aromatic N) is 2. The van der Waals surface area contributed by atoms with Gasteiger partial charge in [0.1, 0.15) is 0 Å². The number of ether oxygens (including phenoxy) is 1. The number of carbonyl (C=O) groups excluding carboxylic acids is 1. The third-order valence-electron chi connectivity index (χ3n) is 2.94. The topological polar surface area (TPSA) is 90.3 Å². The highest BCUT2D eigenvalue weighted by Gasteiger charge is 2.36. The van der Waals surface area contributed by atoms with Crippen LogP contribution in [-0.2, 0) is 9.53 Å². The van der Waals surface area contributed by atoms with E-state index in [1.807, 2.05) is 13.8 Å². The highest BCUT2D eigenvalue weighted by Crippen LogP contribution is 2.21. The van der Waals surface area contributed by atoms with Crippen molar-refractivity contribution in [2.45, 2.75) is 32.0 Å². The molecule has 0 saturated carbocycles. The number of amides is 2. The minimum atomic E-state index is -0.935. The molecule has 2 N–H and O–H groups in total. The maximum absolute atomic E-state index is 12.2. The van der Waals surface area contributed by atoms with Gasteiger partial charge in [-0.15, -0.1) is 0 Å². The summed E-state index contributed by atoms with van der Waals surface area (Å²) < 4.78 is 5.62. The Morgan fingerprint density at radius 3 is 2.63 bits per heavy atom. The number of carbonyl (C=O) groups is 2. The minimum absolute atomic E-state index is 0.0839. The predicted molar refractivity (Wildman–Crippen MR) is 67.9 cm³/mol. The standard InChI is InChI=1S/C12H22N2O5/c1-12(2)8-14(6-9(7-15)19-12)11(18)13(3)5-4-10(16)17/h9,15H,4-8H2,1-3H3,(H,16,17). The number of morpholine rings is 1. The second kappa shape index (κ2) is 6.21. The zero-order valence-electron chi connectivity index (χ0n) is 11.6. The quantitative estimate of drug-likeness (QED) is 0.752. The Labute approximate surface area is 112 Å². The lowest BCUT2D eigenvalue weighted by molar-refractivity contribution is -0.141. The molecule has 0 radical (unpaired) electrons. The minimum Gasteiger partial charge on any atom is -0.481 e. The van der Waals surface area contributed by atoms with E-state index in [0.717, 1.165) is 0 Å². The van der Waals surface area contributed by atoms with Crippen LogP contribution in [0.25, 0.3) is 0 Å². The van der Waals surface area contributed by atoms with Crippen LogP contribution in [0, 0.1) is 0 Å². The van der Waals surface area contributed by atoms with Crippen molar-refractivity contribution >= 4 is 12.0 Å². The molecule has 1 unspecified atom stereocenters. The maximum Gasteiger partial charge on any atom is 0.319 e. The Bertz CT molecular complexity index is 345. The number of aliphatic hydroxyl groups is 1. The fraction of sp³-hybridized carbons (Fsp3) is 0.833. The summed E-state index contributed by atoms with van der Waals surface area (Å²) in [5.41, 5.74) is -0.519. The molecule has 19 heavy (non-hydrogen) atoms. The fourth-order valence-corrected chi connectivity index (χ4v) is 2.14. The zero-order valence-corrected chi connectivity index (χ0v) is 11.6. The van der Waals surface area contributed by atoms with Gasteiger partial charge in [0.05, 0.1) is 37.8 Å². The van der Waals surface area contributed by atoms with Crippen molar-refractivity contribution in [3.8, 4) is 0 Å². The van der Waals surface area contributed by atoms with Crippen LogP contribution in [0.4, 0.5) is 4.79 Å². The zero-order chi connectivity index (χ0) is 14.6. The van der Waals surface area contributed by atoms with Gasteiger partial charge in [-0.25, -0.2) is 4.79 Å². The maximum atomic E-state index is 12.2. The van der Waals surface area contributed by atoms with Crippen LogP contribution in [0.15, 0.2) is 0 Å². The first-order valence-corrected chi connectivity index (χ1v) is 6.25. The molecule has 1 saturated heterocycles. The van der Waals surface area contributed by atoms with Gasteiger partial charge in [-0.3, -0.25) is 4.79 Å². The van der Waals surface area contributed by atoms with Crippen LogP contribution >= 0.6 is 0 Å². The van der Waals surface area contributed by atoms with Crippen LogP contribution in [0.5, 0.6) is 0 Å². The predicted octanol–water partition coefficient (Wildman–Crippen LogP) is -0.0154. The van der Waals surface area contributed by atoms with E-state index in [-0.39, 0.29) is 25.6 Å². The second-order valence-corrected chi connectivity index (χ2v) is 5.41. The number of hydrogen-bond donors (Lipinski definition) is 2. The third kappa shape index (κ3) is 4.68. The molecule has 0 aromatic carbocycles. The van der Waals surface area contributed by atoms with E-state index >= 15 is 0 Å².